The number of rotatable bonds is 1. The first-order valence-corrected chi connectivity index (χ1v) is 6.63. The quantitative estimate of drug-likeness (QED) is 0.606. The summed E-state index contributed by atoms with van der Waals surface area (Å²) in [5, 5.41) is 0.425. The summed E-state index contributed by atoms with van der Waals surface area (Å²) in [5.41, 5.74) is 3.45. The van der Waals surface area contributed by atoms with Gasteiger partial charge in [0.2, 0.25) is 0 Å². The highest BCUT2D eigenvalue weighted by Gasteiger charge is 2.13. The molecule has 0 aliphatic carbocycles. The van der Waals surface area contributed by atoms with Gasteiger partial charge in [-0.2, -0.15) is 0 Å². The van der Waals surface area contributed by atoms with E-state index in [0.29, 0.717) is 11.3 Å². The van der Waals surface area contributed by atoms with Crippen LogP contribution in [0.3, 0.4) is 0 Å². The summed E-state index contributed by atoms with van der Waals surface area (Å²) >= 11 is 6.13. The molecular formula is C16H12ClFN2. The molecule has 0 aliphatic heterocycles. The van der Waals surface area contributed by atoms with Crippen LogP contribution in [0.1, 0.15) is 11.1 Å². The van der Waals surface area contributed by atoms with Crippen LogP contribution in [0, 0.1) is 19.7 Å². The maximum atomic E-state index is 13.8. The molecule has 0 spiro atoms. The van der Waals surface area contributed by atoms with Gasteiger partial charge < -0.3 is 0 Å². The fourth-order valence-corrected chi connectivity index (χ4v) is 2.38. The van der Waals surface area contributed by atoms with Gasteiger partial charge in [-0.15, -0.1) is 0 Å². The molecule has 0 saturated heterocycles. The van der Waals surface area contributed by atoms with Crippen molar-refractivity contribution in [2.45, 2.75) is 13.8 Å². The predicted octanol–water partition coefficient (Wildman–Crippen LogP) is 4.71. The molecule has 0 atom stereocenters. The molecule has 0 fully saturated rings. The Kier molecular flexibility index (Phi) is 3.14. The molecule has 3 aromatic rings. The summed E-state index contributed by atoms with van der Waals surface area (Å²) in [7, 11) is 0. The molecule has 0 unspecified atom stereocenters. The SMILES string of the molecule is Cc1ccc(-c2nc(Cl)c3c(F)ccc(C)c3n2)cc1. The van der Waals surface area contributed by atoms with Crippen molar-refractivity contribution in [1.82, 2.24) is 9.97 Å². The molecule has 1 aromatic heterocycles. The van der Waals surface area contributed by atoms with Crippen molar-refractivity contribution in [1.29, 1.82) is 0 Å². The van der Waals surface area contributed by atoms with E-state index in [9.17, 15) is 4.39 Å². The first-order chi connectivity index (χ1) is 9.56. The lowest BCUT2D eigenvalue weighted by Crippen LogP contribution is -1.95. The number of aryl methyl sites for hydroxylation is 2. The highest BCUT2D eigenvalue weighted by molar-refractivity contribution is 6.34. The molecule has 0 aliphatic rings. The molecule has 0 radical (unpaired) electrons. The number of hydrogen-bond donors (Lipinski definition) is 0. The molecule has 4 heteroatoms. The average Bonchev–Trinajstić information content (AvgIpc) is 2.43. The minimum atomic E-state index is -0.397. The summed E-state index contributed by atoms with van der Waals surface area (Å²) in [6, 6.07) is 10.9. The van der Waals surface area contributed by atoms with Crippen molar-refractivity contribution < 1.29 is 4.39 Å². The molecule has 0 bridgehead atoms. The molecule has 3 rings (SSSR count). The topological polar surface area (TPSA) is 25.8 Å². The largest absolute Gasteiger partial charge is 0.228 e. The molecular weight excluding hydrogens is 275 g/mol. The van der Waals surface area contributed by atoms with E-state index in [0.717, 1.165) is 16.7 Å². The number of benzene rings is 2. The lowest BCUT2D eigenvalue weighted by molar-refractivity contribution is 0.639. The van der Waals surface area contributed by atoms with E-state index >= 15 is 0 Å². The molecule has 0 N–H and O–H groups in total. The minimum absolute atomic E-state index is 0.145. The second-order valence-corrected chi connectivity index (χ2v) is 5.15. The Hall–Kier alpha value is -2.00. The van der Waals surface area contributed by atoms with Crippen molar-refractivity contribution >= 4 is 22.5 Å². The van der Waals surface area contributed by atoms with Gasteiger partial charge in [-0.1, -0.05) is 47.5 Å². The van der Waals surface area contributed by atoms with Crippen LogP contribution in [0.15, 0.2) is 36.4 Å². The zero-order valence-corrected chi connectivity index (χ0v) is 11.9. The van der Waals surface area contributed by atoms with Crippen LogP contribution in [0.4, 0.5) is 4.39 Å². The molecule has 1 heterocycles. The Bertz CT molecular complexity index is 798. The van der Waals surface area contributed by atoms with E-state index in [2.05, 4.69) is 9.97 Å². The smallest absolute Gasteiger partial charge is 0.161 e. The normalized spacial score (nSPS) is 11.0. The third-order valence-electron chi connectivity index (χ3n) is 3.27. The maximum Gasteiger partial charge on any atom is 0.161 e. The third kappa shape index (κ3) is 2.14. The van der Waals surface area contributed by atoms with Gasteiger partial charge >= 0.3 is 0 Å². The minimum Gasteiger partial charge on any atom is -0.228 e. The summed E-state index contributed by atoms with van der Waals surface area (Å²) in [4.78, 5) is 8.68. The lowest BCUT2D eigenvalue weighted by atomic mass is 10.1. The standard InChI is InChI=1S/C16H12ClFN2/c1-9-3-6-11(7-4-9)16-19-14-10(2)5-8-12(18)13(14)15(17)20-16/h3-8H,1-2H3. The van der Waals surface area contributed by atoms with Crippen LogP contribution in [0.5, 0.6) is 0 Å². The van der Waals surface area contributed by atoms with Crippen LogP contribution < -0.4 is 0 Å². The van der Waals surface area contributed by atoms with E-state index < -0.39 is 5.82 Å². The number of halogens is 2. The summed E-state index contributed by atoms with van der Waals surface area (Å²) in [5.74, 6) is 0.113. The molecule has 100 valence electrons. The van der Waals surface area contributed by atoms with Crippen molar-refractivity contribution in [3.05, 3.63) is 58.5 Å². The Morgan fingerprint density at radius 2 is 1.65 bits per heavy atom. The van der Waals surface area contributed by atoms with Crippen LogP contribution in [0.25, 0.3) is 22.3 Å². The number of aromatic nitrogens is 2. The average molecular weight is 287 g/mol. The third-order valence-corrected chi connectivity index (χ3v) is 3.54. The summed E-state index contributed by atoms with van der Waals surface area (Å²) in [6.45, 7) is 3.89. The number of hydrogen-bond acceptors (Lipinski definition) is 2. The first kappa shape index (κ1) is 13.0. The molecule has 2 nitrogen and oxygen atoms in total. The van der Waals surface area contributed by atoms with Crippen molar-refractivity contribution in [3.8, 4) is 11.4 Å². The van der Waals surface area contributed by atoms with E-state index in [1.165, 1.54) is 6.07 Å². The van der Waals surface area contributed by atoms with Crippen molar-refractivity contribution in [3.63, 3.8) is 0 Å². The van der Waals surface area contributed by atoms with E-state index in [1.54, 1.807) is 6.07 Å². The Balaban J connectivity index is 2.29. The zero-order chi connectivity index (χ0) is 14.3. The van der Waals surface area contributed by atoms with Gasteiger partial charge in [0, 0.05) is 5.56 Å². The van der Waals surface area contributed by atoms with Gasteiger partial charge in [-0.25, -0.2) is 14.4 Å². The highest BCUT2D eigenvalue weighted by atomic mass is 35.5. The van der Waals surface area contributed by atoms with E-state index in [4.69, 9.17) is 11.6 Å². The van der Waals surface area contributed by atoms with Crippen LogP contribution >= 0.6 is 11.6 Å². The predicted molar refractivity (Wildman–Crippen MR) is 79.4 cm³/mol. The highest BCUT2D eigenvalue weighted by Crippen LogP contribution is 2.28. The Labute approximate surface area is 121 Å². The first-order valence-electron chi connectivity index (χ1n) is 6.25. The fourth-order valence-electron chi connectivity index (χ4n) is 2.12. The second-order valence-electron chi connectivity index (χ2n) is 4.79. The monoisotopic (exact) mass is 286 g/mol. The van der Waals surface area contributed by atoms with Crippen LogP contribution in [-0.2, 0) is 0 Å². The van der Waals surface area contributed by atoms with Crippen LogP contribution in [-0.4, -0.2) is 9.97 Å². The molecule has 20 heavy (non-hydrogen) atoms. The fraction of sp³-hybridized carbons (Fsp3) is 0.125. The maximum absolute atomic E-state index is 13.8. The second kappa shape index (κ2) is 4.84. The number of fused-ring (bicyclic) bond motifs is 1. The Morgan fingerprint density at radius 3 is 2.35 bits per heavy atom. The molecule has 2 aromatic carbocycles. The Morgan fingerprint density at radius 1 is 0.950 bits per heavy atom. The summed E-state index contributed by atoms with van der Waals surface area (Å²) < 4.78 is 13.8. The summed E-state index contributed by atoms with van der Waals surface area (Å²) in [6.07, 6.45) is 0. The molecule has 0 saturated carbocycles. The zero-order valence-electron chi connectivity index (χ0n) is 11.1. The van der Waals surface area contributed by atoms with Gasteiger partial charge in [0.15, 0.2) is 5.82 Å². The van der Waals surface area contributed by atoms with Gasteiger partial charge in [0.1, 0.15) is 11.0 Å². The van der Waals surface area contributed by atoms with Gasteiger partial charge in [0.25, 0.3) is 0 Å². The van der Waals surface area contributed by atoms with Gasteiger partial charge in [-0.3, -0.25) is 0 Å². The number of nitrogens with zero attached hydrogens (tertiary/aromatic N) is 2. The lowest BCUT2D eigenvalue weighted by Gasteiger charge is -2.07. The van der Waals surface area contributed by atoms with Gasteiger partial charge in [0.05, 0.1) is 10.9 Å². The van der Waals surface area contributed by atoms with Crippen molar-refractivity contribution in [2.24, 2.45) is 0 Å². The van der Waals surface area contributed by atoms with Crippen LogP contribution in [0.2, 0.25) is 5.15 Å². The van der Waals surface area contributed by atoms with Crippen molar-refractivity contribution in [2.75, 3.05) is 0 Å². The molecule has 0 amide bonds. The van der Waals surface area contributed by atoms with Gasteiger partial charge in [-0.05, 0) is 25.5 Å². The van der Waals surface area contributed by atoms with E-state index in [1.807, 2.05) is 38.1 Å². The van der Waals surface area contributed by atoms with E-state index in [-0.39, 0.29) is 10.5 Å².